The number of thiophene rings is 1. The van der Waals surface area contributed by atoms with Crippen LogP contribution in [0.4, 0.5) is 0 Å². The van der Waals surface area contributed by atoms with Crippen molar-refractivity contribution in [1.82, 2.24) is 10.6 Å². The van der Waals surface area contributed by atoms with E-state index < -0.39 is 0 Å². The summed E-state index contributed by atoms with van der Waals surface area (Å²) in [4.78, 5) is 12.6. The van der Waals surface area contributed by atoms with Crippen LogP contribution in [-0.4, -0.2) is 26.0 Å². The smallest absolute Gasteiger partial charge is 0.220 e. The molecule has 1 aromatic rings. The number of hydrogen-bond donors (Lipinski definition) is 2. The van der Waals surface area contributed by atoms with Crippen molar-refractivity contribution in [3.05, 3.63) is 21.3 Å². The zero-order chi connectivity index (χ0) is 11.8. The number of halogens is 2. The maximum Gasteiger partial charge on any atom is 0.220 e. The third-order valence-electron chi connectivity index (χ3n) is 2.15. The van der Waals surface area contributed by atoms with Gasteiger partial charge in [0, 0.05) is 17.8 Å². The molecule has 0 aliphatic heterocycles. The number of carbonyl (C=O) groups excluding carboxylic acids is 1. The maximum atomic E-state index is 11.4. The van der Waals surface area contributed by atoms with Crippen LogP contribution < -0.4 is 10.6 Å². The van der Waals surface area contributed by atoms with Crippen LogP contribution in [0.3, 0.4) is 0 Å². The summed E-state index contributed by atoms with van der Waals surface area (Å²) in [5, 5.41) is 5.91. The van der Waals surface area contributed by atoms with Crippen molar-refractivity contribution in [3.8, 4) is 0 Å². The summed E-state index contributed by atoms with van der Waals surface area (Å²) in [5.41, 5.74) is 0. The Morgan fingerprint density at radius 2 is 2.18 bits per heavy atom. The van der Waals surface area contributed by atoms with Crippen LogP contribution in [-0.2, 0) is 11.2 Å². The van der Waals surface area contributed by atoms with Gasteiger partial charge in [0.1, 0.15) is 0 Å². The minimum absolute atomic E-state index is 0. The predicted octanol–water partition coefficient (Wildman–Crippen LogP) is 2.48. The Morgan fingerprint density at radius 3 is 2.76 bits per heavy atom. The Bertz CT molecular complexity index is 331. The van der Waals surface area contributed by atoms with Gasteiger partial charge in [-0.15, -0.1) is 23.7 Å². The van der Waals surface area contributed by atoms with E-state index in [0.29, 0.717) is 13.0 Å². The molecule has 98 valence electrons. The molecule has 0 bridgehead atoms. The Kier molecular flexibility index (Phi) is 9.55. The molecule has 0 aliphatic rings. The van der Waals surface area contributed by atoms with Crippen molar-refractivity contribution in [3.63, 3.8) is 0 Å². The van der Waals surface area contributed by atoms with Crippen molar-refractivity contribution in [1.29, 1.82) is 0 Å². The summed E-state index contributed by atoms with van der Waals surface area (Å²) >= 11 is 7.38. The number of amides is 1. The van der Waals surface area contributed by atoms with Gasteiger partial charge >= 0.3 is 0 Å². The van der Waals surface area contributed by atoms with E-state index in [1.165, 1.54) is 4.88 Å². The molecule has 0 radical (unpaired) electrons. The Labute approximate surface area is 117 Å². The van der Waals surface area contributed by atoms with Crippen molar-refractivity contribution >= 4 is 41.3 Å². The lowest BCUT2D eigenvalue weighted by atomic mass is 10.3. The summed E-state index contributed by atoms with van der Waals surface area (Å²) in [7, 11) is 1.89. The summed E-state index contributed by atoms with van der Waals surface area (Å²) in [6.07, 6.45) is 2.33. The quantitative estimate of drug-likeness (QED) is 0.759. The Morgan fingerprint density at radius 1 is 1.41 bits per heavy atom. The highest BCUT2D eigenvalue weighted by molar-refractivity contribution is 7.16. The highest BCUT2D eigenvalue weighted by Crippen LogP contribution is 2.21. The molecule has 6 heteroatoms. The summed E-state index contributed by atoms with van der Waals surface area (Å²) in [6, 6.07) is 3.89. The number of rotatable bonds is 7. The highest BCUT2D eigenvalue weighted by atomic mass is 35.5. The van der Waals surface area contributed by atoms with E-state index in [9.17, 15) is 4.79 Å². The molecule has 17 heavy (non-hydrogen) atoms. The molecule has 3 nitrogen and oxygen atoms in total. The van der Waals surface area contributed by atoms with E-state index in [-0.39, 0.29) is 18.3 Å². The molecule has 1 rings (SSSR count). The molecule has 0 aromatic carbocycles. The third kappa shape index (κ3) is 7.60. The number of carbonyl (C=O) groups is 1. The minimum atomic E-state index is 0. The first-order chi connectivity index (χ1) is 7.72. The lowest BCUT2D eigenvalue weighted by molar-refractivity contribution is -0.121. The third-order valence-corrected chi connectivity index (χ3v) is 3.44. The van der Waals surface area contributed by atoms with Gasteiger partial charge < -0.3 is 10.6 Å². The van der Waals surface area contributed by atoms with E-state index in [1.54, 1.807) is 11.3 Å². The van der Waals surface area contributed by atoms with Crippen LogP contribution in [0.1, 0.15) is 17.7 Å². The molecule has 1 amide bonds. The van der Waals surface area contributed by atoms with E-state index >= 15 is 0 Å². The average Bonchev–Trinajstić information content (AvgIpc) is 2.65. The van der Waals surface area contributed by atoms with Crippen LogP contribution >= 0.6 is 35.3 Å². The van der Waals surface area contributed by atoms with Crippen molar-refractivity contribution in [2.24, 2.45) is 0 Å². The molecule has 0 unspecified atom stereocenters. The second-order valence-electron chi connectivity index (χ2n) is 3.51. The van der Waals surface area contributed by atoms with Gasteiger partial charge in [0.25, 0.3) is 0 Å². The first-order valence-electron chi connectivity index (χ1n) is 5.38. The zero-order valence-corrected chi connectivity index (χ0v) is 12.2. The topological polar surface area (TPSA) is 41.1 Å². The molecule has 0 saturated carbocycles. The molecule has 2 N–H and O–H groups in total. The molecule has 0 fully saturated rings. The van der Waals surface area contributed by atoms with Crippen LogP contribution in [0, 0.1) is 0 Å². The molecule has 1 heterocycles. The van der Waals surface area contributed by atoms with E-state index in [0.717, 1.165) is 23.7 Å². The fourth-order valence-electron chi connectivity index (χ4n) is 1.33. The summed E-state index contributed by atoms with van der Waals surface area (Å²) in [6.45, 7) is 1.57. The van der Waals surface area contributed by atoms with Crippen LogP contribution in [0.2, 0.25) is 4.34 Å². The standard InChI is InChI=1S/C11H17ClN2OS.ClH/c1-13-7-2-3-11(15)14-8-6-9-4-5-10(12)16-9;/h4-5,13H,2-3,6-8H2,1H3,(H,14,15);1H. The zero-order valence-electron chi connectivity index (χ0n) is 9.79. The first kappa shape index (κ1) is 16.7. The molecule has 0 spiro atoms. The first-order valence-corrected chi connectivity index (χ1v) is 6.57. The van der Waals surface area contributed by atoms with Gasteiger partial charge in [-0.05, 0) is 38.6 Å². The Hall–Kier alpha value is -0.290. The van der Waals surface area contributed by atoms with Gasteiger partial charge in [0.05, 0.1) is 4.34 Å². The Balaban J connectivity index is 0.00000256. The van der Waals surface area contributed by atoms with E-state index in [1.807, 2.05) is 19.2 Å². The second kappa shape index (κ2) is 9.71. The van der Waals surface area contributed by atoms with Crippen molar-refractivity contribution in [2.45, 2.75) is 19.3 Å². The fraction of sp³-hybridized carbons (Fsp3) is 0.545. The van der Waals surface area contributed by atoms with Crippen LogP contribution in [0.25, 0.3) is 0 Å². The molecule has 0 saturated heterocycles. The molecular weight excluding hydrogens is 279 g/mol. The lowest BCUT2D eigenvalue weighted by Crippen LogP contribution is -2.26. The molecular formula is C11H18Cl2N2OS. The normalized spacial score (nSPS) is 9.76. The largest absolute Gasteiger partial charge is 0.356 e. The van der Waals surface area contributed by atoms with Crippen LogP contribution in [0.5, 0.6) is 0 Å². The van der Waals surface area contributed by atoms with Gasteiger partial charge in [-0.1, -0.05) is 11.6 Å². The van der Waals surface area contributed by atoms with Gasteiger partial charge in [-0.2, -0.15) is 0 Å². The molecule has 1 aromatic heterocycles. The number of nitrogens with one attached hydrogen (secondary N) is 2. The summed E-state index contributed by atoms with van der Waals surface area (Å²) in [5.74, 6) is 0.123. The van der Waals surface area contributed by atoms with Gasteiger partial charge in [0.15, 0.2) is 0 Å². The van der Waals surface area contributed by atoms with Gasteiger partial charge in [-0.25, -0.2) is 0 Å². The van der Waals surface area contributed by atoms with Gasteiger partial charge in [0.2, 0.25) is 5.91 Å². The van der Waals surface area contributed by atoms with E-state index in [4.69, 9.17) is 11.6 Å². The predicted molar refractivity (Wildman–Crippen MR) is 76.5 cm³/mol. The highest BCUT2D eigenvalue weighted by Gasteiger charge is 2.01. The fourth-order valence-corrected chi connectivity index (χ4v) is 2.41. The SMILES string of the molecule is CNCCCC(=O)NCCc1ccc(Cl)s1.Cl. The minimum Gasteiger partial charge on any atom is -0.356 e. The number of hydrogen-bond acceptors (Lipinski definition) is 3. The van der Waals surface area contributed by atoms with Crippen molar-refractivity contribution in [2.75, 3.05) is 20.1 Å². The maximum absolute atomic E-state index is 11.4. The molecule has 0 atom stereocenters. The second-order valence-corrected chi connectivity index (χ2v) is 5.31. The molecule has 0 aliphatic carbocycles. The monoisotopic (exact) mass is 296 g/mol. The van der Waals surface area contributed by atoms with Gasteiger partial charge in [-0.3, -0.25) is 4.79 Å². The van der Waals surface area contributed by atoms with Crippen molar-refractivity contribution < 1.29 is 4.79 Å². The van der Waals surface area contributed by atoms with E-state index in [2.05, 4.69) is 10.6 Å². The average molecular weight is 297 g/mol. The lowest BCUT2D eigenvalue weighted by Gasteiger charge is -2.03. The summed E-state index contributed by atoms with van der Waals surface area (Å²) < 4.78 is 0.801. The van der Waals surface area contributed by atoms with Crippen LogP contribution in [0.15, 0.2) is 12.1 Å².